The lowest BCUT2D eigenvalue weighted by Crippen LogP contribution is -2.45. The molecule has 5 nitrogen and oxygen atoms in total. The number of morpholine rings is 1. The third-order valence-electron chi connectivity index (χ3n) is 3.92. The second-order valence-electron chi connectivity index (χ2n) is 5.36. The molecule has 1 saturated heterocycles. The molecule has 0 aliphatic carbocycles. The summed E-state index contributed by atoms with van der Waals surface area (Å²) in [4.78, 5) is 19.3. The van der Waals surface area contributed by atoms with Crippen LogP contribution in [0.2, 0.25) is 0 Å². The Kier molecular flexibility index (Phi) is 4.37. The molecule has 2 aromatic rings. The lowest BCUT2D eigenvalue weighted by Gasteiger charge is -2.32. The SMILES string of the molecule is CC(Cn1cnc2ccc(Br)cc2c1=O)N1CCOCC1. The highest BCUT2D eigenvalue weighted by molar-refractivity contribution is 9.10. The van der Waals surface area contributed by atoms with E-state index in [0.29, 0.717) is 11.9 Å². The van der Waals surface area contributed by atoms with Gasteiger partial charge < -0.3 is 4.74 Å². The first kappa shape index (κ1) is 14.7. The zero-order valence-electron chi connectivity index (χ0n) is 12.0. The third-order valence-corrected chi connectivity index (χ3v) is 4.41. The van der Waals surface area contributed by atoms with Crippen molar-refractivity contribution in [2.75, 3.05) is 26.3 Å². The molecule has 0 bridgehead atoms. The zero-order chi connectivity index (χ0) is 14.8. The quantitative estimate of drug-likeness (QED) is 0.846. The Morgan fingerprint density at radius 1 is 1.38 bits per heavy atom. The highest BCUT2D eigenvalue weighted by Gasteiger charge is 2.18. The predicted molar refractivity (Wildman–Crippen MR) is 85.6 cm³/mol. The van der Waals surface area contributed by atoms with Crippen LogP contribution >= 0.6 is 15.9 Å². The number of benzene rings is 1. The number of hydrogen-bond acceptors (Lipinski definition) is 4. The number of hydrogen-bond donors (Lipinski definition) is 0. The van der Waals surface area contributed by atoms with E-state index in [1.165, 1.54) is 0 Å². The molecule has 112 valence electrons. The summed E-state index contributed by atoms with van der Waals surface area (Å²) in [6.45, 7) is 6.16. The molecule has 1 atom stereocenters. The van der Waals surface area contributed by atoms with Crippen LogP contribution in [0.3, 0.4) is 0 Å². The van der Waals surface area contributed by atoms with Gasteiger partial charge in [-0.1, -0.05) is 15.9 Å². The molecule has 0 spiro atoms. The molecule has 1 aromatic heterocycles. The number of aromatic nitrogens is 2. The standard InChI is InChI=1S/C15H18BrN3O2/c1-11(18-4-6-21-7-5-18)9-19-10-17-14-3-2-12(16)8-13(14)15(19)20/h2-3,8,10-11H,4-7,9H2,1H3. The summed E-state index contributed by atoms with van der Waals surface area (Å²) in [6, 6.07) is 5.88. The fraction of sp³-hybridized carbons (Fsp3) is 0.467. The predicted octanol–water partition coefficient (Wildman–Crippen LogP) is 1.88. The van der Waals surface area contributed by atoms with E-state index in [0.717, 1.165) is 36.3 Å². The molecule has 1 aliphatic heterocycles. The van der Waals surface area contributed by atoms with Crippen molar-refractivity contribution in [2.24, 2.45) is 0 Å². The highest BCUT2D eigenvalue weighted by atomic mass is 79.9. The summed E-state index contributed by atoms with van der Waals surface area (Å²) in [5, 5.41) is 0.654. The van der Waals surface area contributed by atoms with Crippen molar-refractivity contribution < 1.29 is 4.74 Å². The number of halogens is 1. The molecule has 0 amide bonds. The van der Waals surface area contributed by atoms with E-state index in [-0.39, 0.29) is 11.6 Å². The molecule has 3 rings (SSSR count). The summed E-state index contributed by atoms with van der Waals surface area (Å²) < 4.78 is 7.97. The monoisotopic (exact) mass is 351 g/mol. The number of nitrogens with zero attached hydrogens (tertiary/aromatic N) is 3. The van der Waals surface area contributed by atoms with E-state index in [1.54, 1.807) is 10.9 Å². The Bertz CT molecular complexity index is 695. The molecule has 1 fully saturated rings. The third kappa shape index (κ3) is 3.17. The van der Waals surface area contributed by atoms with Gasteiger partial charge in [0, 0.05) is 30.1 Å². The minimum absolute atomic E-state index is 0.0152. The Morgan fingerprint density at radius 2 is 2.14 bits per heavy atom. The van der Waals surface area contributed by atoms with Crippen LogP contribution < -0.4 is 5.56 Å². The molecular formula is C15H18BrN3O2. The van der Waals surface area contributed by atoms with Crippen LogP contribution in [0.25, 0.3) is 10.9 Å². The maximum Gasteiger partial charge on any atom is 0.261 e. The summed E-state index contributed by atoms with van der Waals surface area (Å²) in [5.41, 5.74) is 0.750. The molecule has 1 aromatic carbocycles. The molecule has 1 unspecified atom stereocenters. The van der Waals surface area contributed by atoms with Crippen LogP contribution in [-0.2, 0) is 11.3 Å². The average molecular weight is 352 g/mol. The highest BCUT2D eigenvalue weighted by Crippen LogP contribution is 2.15. The van der Waals surface area contributed by atoms with Crippen molar-refractivity contribution in [2.45, 2.75) is 19.5 Å². The van der Waals surface area contributed by atoms with E-state index >= 15 is 0 Å². The second-order valence-corrected chi connectivity index (χ2v) is 6.28. The van der Waals surface area contributed by atoms with Crippen molar-refractivity contribution in [1.29, 1.82) is 0 Å². The molecular weight excluding hydrogens is 334 g/mol. The van der Waals surface area contributed by atoms with Crippen molar-refractivity contribution in [3.63, 3.8) is 0 Å². The van der Waals surface area contributed by atoms with Crippen LogP contribution in [0.15, 0.2) is 33.8 Å². The van der Waals surface area contributed by atoms with Crippen molar-refractivity contribution in [3.8, 4) is 0 Å². The van der Waals surface area contributed by atoms with Crippen LogP contribution in [0, 0.1) is 0 Å². The Balaban J connectivity index is 1.86. The van der Waals surface area contributed by atoms with Gasteiger partial charge in [-0.25, -0.2) is 4.98 Å². The van der Waals surface area contributed by atoms with Gasteiger partial charge in [0.1, 0.15) is 0 Å². The minimum Gasteiger partial charge on any atom is -0.379 e. The van der Waals surface area contributed by atoms with E-state index in [1.807, 2.05) is 18.2 Å². The van der Waals surface area contributed by atoms with E-state index in [2.05, 4.69) is 32.7 Å². The maximum atomic E-state index is 12.6. The van der Waals surface area contributed by atoms with Gasteiger partial charge in [-0.15, -0.1) is 0 Å². The first-order valence-electron chi connectivity index (χ1n) is 7.11. The van der Waals surface area contributed by atoms with Gasteiger partial charge in [0.05, 0.1) is 30.4 Å². The van der Waals surface area contributed by atoms with Gasteiger partial charge in [-0.05, 0) is 25.1 Å². The van der Waals surface area contributed by atoms with Crippen molar-refractivity contribution in [1.82, 2.24) is 14.5 Å². The molecule has 6 heteroatoms. The van der Waals surface area contributed by atoms with Gasteiger partial charge in [-0.2, -0.15) is 0 Å². The van der Waals surface area contributed by atoms with E-state index in [9.17, 15) is 4.79 Å². The van der Waals surface area contributed by atoms with Crippen LogP contribution in [0.5, 0.6) is 0 Å². The fourth-order valence-electron chi connectivity index (χ4n) is 2.68. The average Bonchev–Trinajstić information content (AvgIpc) is 2.51. The lowest BCUT2D eigenvalue weighted by atomic mass is 10.2. The first-order chi connectivity index (χ1) is 10.1. The first-order valence-corrected chi connectivity index (χ1v) is 7.91. The van der Waals surface area contributed by atoms with Crippen LogP contribution in [0.1, 0.15) is 6.92 Å². The lowest BCUT2D eigenvalue weighted by molar-refractivity contribution is 0.0167. The number of rotatable bonds is 3. The summed E-state index contributed by atoms with van der Waals surface area (Å²) >= 11 is 3.41. The maximum absolute atomic E-state index is 12.6. The van der Waals surface area contributed by atoms with Gasteiger partial charge in [0.25, 0.3) is 5.56 Å². The van der Waals surface area contributed by atoms with Crippen molar-refractivity contribution in [3.05, 3.63) is 39.4 Å². The Hall–Kier alpha value is -1.24. The summed E-state index contributed by atoms with van der Waals surface area (Å²) in [5.74, 6) is 0. The van der Waals surface area contributed by atoms with Crippen LogP contribution in [0.4, 0.5) is 0 Å². The second kappa shape index (κ2) is 6.25. The fourth-order valence-corrected chi connectivity index (χ4v) is 3.04. The van der Waals surface area contributed by atoms with Gasteiger partial charge in [0.15, 0.2) is 0 Å². The van der Waals surface area contributed by atoms with E-state index in [4.69, 9.17) is 4.74 Å². The van der Waals surface area contributed by atoms with E-state index < -0.39 is 0 Å². The molecule has 2 heterocycles. The van der Waals surface area contributed by atoms with Crippen LogP contribution in [-0.4, -0.2) is 46.8 Å². The molecule has 1 aliphatic rings. The zero-order valence-corrected chi connectivity index (χ0v) is 13.5. The van der Waals surface area contributed by atoms with Gasteiger partial charge in [0.2, 0.25) is 0 Å². The van der Waals surface area contributed by atoms with Crippen molar-refractivity contribution >= 4 is 26.8 Å². The normalized spacial score (nSPS) is 18.0. The van der Waals surface area contributed by atoms with Gasteiger partial charge >= 0.3 is 0 Å². The number of fused-ring (bicyclic) bond motifs is 1. The summed E-state index contributed by atoms with van der Waals surface area (Å²) in [6.07, 6.45) is 1.65. The molecule has 0 N–H and O–H groups in total. The minimum atomic E-state index is 0.0152. The Labute approximate surface area is 131 Å². The van der Waals surface area contributed by atoms with Gasteiger partial charge in [-0.3, -0.25) is 14.3 Å². The molecule has 21 heavy (non-hydrogen) atoms. The molecule has 0 saturated carbocycles. The molecule has 0 radical (unpaired) electrons. The Morgan fingerprint density at radius 3 is 2.90 bits per heavy atom. The largest absolute Gasteiger partial charge is 0.379 e. The topological polar surface area (TPSA) is 47.4 Å². The smallest absolute Gasteiger partial charge is 0.261 e. The number of ether oxygens (including phenoxy) is 1. The summed E-state index contributed by atoms with van der Waals surface area (Å²) in [7, 11) is 0.